The average molecular weight is 271 g/mol. The van der Waals surface area contributed by atoms with E-state index in [4.69, 9.17) is 4.74 Å². The van der Waals surface area contributed by atoms with Gasteiger partial charge in [-0.2, -0.15) is 0 Å². The third-order valence-electron chi connectivity index (χ3n) is 3.29. The van der Waals surface area contributed by atoms with Crippen molar-refractivity contribution in [2.45, 2.75) is 6.92 Å². The largest absolute Gasteiger partial charge is 0.490 e. The second-order valence-electron chi connectivity index (χ2n) is 4.79. The van der Waals surface area contributed by atoms with Crippen LogP contribution >= 0.6 is 0 Å². The second-order valence-corrected chi connectivity index (χ2v) is 4.79. The molecule has 1 heterocycles. The Morgan fingerprint density at radius 3 is 2.90 bits per heavy atom. The summed E-state index contributed by atoms with van der Waals surface area (Å²) in [5.74, 6) is 0.0693. The first-order chi connectivity index (χ1) is 9.65. The summed E-state index contributed by atoms with van der Waals surface area (Å²) in [7, 11) is 0. The number of anilines is 1. The molecule has 0 aromatic heterocycles. The summed E-state index contributed by atoms with van der Waals surface area (Å²) in [6, 6.07) is 11.5. The molecule has 3 nitrogen and oxygen atoms in total. The van der Waals surface area contributed by atoms with Gasteiger partial charge in [0.05, 0.1) is 12.2 Å². The quantitative estimate of drug-likeness (QED) is 0.797. The van der Waals surface area contributed by atoms with Gasteiger partial charge in [0.2, 0.25) is 0 Å². The molecule has 0 unspecified atom stereocenters. The number of amides is 1. The van der Waals surface area contributed by atoms with Gasteiger partial charge in [0, 0.05) is 5.56 Å². The van der Waals surface area contributed by atoms with Crippen LogP contribution in [0.2, 0.25) is 0 Å². The Morgan fingerprint density at radius 1 is 1.25 bits per heavy atom. The van der Waals surface area contributed by atoms with Gasteiger partial charge in [-0.25, -0.2) is 4.39 Å². The van der Waals surface area contributed by atoms with Crippen LogP contribution < -0.4 is 9.64 Å². The molecule has 102 valence electrons. The third-order valence-corrected chi connectivity index (χ3v) is 3.29. The standard InChI is InChI=1S/C16H14FNO2/c1-11-5-6-15-14(9-11)18(7-8-20-15)16(19)12-3-2-4-13(17)10-12/h2-6,9-10H,7-8H2,1H3. The number of rotatable bonds is 1. The zero-order valence-corrected chi connectivity index (χ0v) is 11.1. The fourth-order valence-electron chi connectivity index (χ4n) is 2.32. The molecule has 4 heteroatoms. The Kier molecular flexibility index (Phi) is 3.14. The van der Waals surface area contributed by atoms with Crippen molar-refractivity contribution in [1.82, 2.24) is 0 Å². The molecule has 2 aromatic rings. The fourth-order valence-corrected chi connectivity index (χ4v) is 2.32. The predicted octanol–water partition coefficient (Wildman–Crippen LogP) is 3.17. The Hall–Kier alpha value is -2.36. The van der Waals surface area contributed by atoms with E-state index >= 15 is 0 Å². The van der Waals surface area contributed by atoms with E-state index in [-0.39, 0.29) is 5.91 Å². The van der Waals surface area contributed by atoms with Gasteiger partial charge in [-0.3, -0.25) is 4.79 Å². The predicted molar refractivity (Wildman–Crippen MR) is 74.8 cm³/mol. The van der Waals surface area contributed by atoms with Gasteiger partial charge in [0.15, 0.2) is 0 Å². The van der Waals surface area contributed by atoms with E-state index in [2.05, 4.69) is 0 Å². The summed E-state index contributed by atoms with van der Waals surface area (Å²) in [5.41, 5.74) is 2.14. The highest BCUT2D eigenvalue weighted by Gasteiger charge is 2.24. The smallest absolute Gasteiger partial charge is 0.258 e. The van der Waals surface area contributed by atoms with Crippen LogP contribution in [0.15, 0.2) is 42.5 Å². The van der Waals surface area contributed by atoms with Crippen molar-refractivity contribution in [2.24, 2.45) is 0 Å². The van der Waals surface area contributed by atoms with Crippen LogP contribution in [0.25, 0.3) is 0 Å². The minimum absolute atomic E-state index is 0.209. The van der Waals surface area contributed by atoms with Crippen molar-refractivity contribution in [1.29, 1.82) is 0 Å². The molecule has 0 saturated carbocycles. The minimum atomic E-state index is -0.409. The number of benzene rings is 2. The van der Waals surface area contributed by atoms with Crippen molar-refractivity contribution >= 4 is 11.6 Å². The Morgan fingerprint density at radius 2 is 2.10 bits per heavy atom. The van der Waals surface area contributed by atoms with E-state index < -0.39 is 5.82 Å². The zero-order valence-electron chi connectivity index (χ0n) is 11.1. The highest BCUT2D eigenvalue weighted by atomic mass is 19.1. The van der Waals surface area contributed by atoms with Crippen molar-refractivity contribution in [3.63, 3.8) is 0 Å². The van der Waals surface area contributed by atoms with Gasteiger partial charge in [0.25, 0.3) is 5.91 Å². The number of carbonyl (C=O) groups is 1. The van der Waals surface area contributed by atoms with Crippen LogP contribution in [0.5, 0.6) is 5.75 Å². The van der Waals surface area contributed by atoms with Crippen LogP contribution in [0.3, 0.4) is 0 Å². The van der Waals surface area contributed by atoms with E-state index in [0.717, 1.165) is 11.3 Å². The maximum atomic E-state index is 13.3. The molecule has 20 heavy (non-hydrogen) atoms. The molecule has 0 atom stereocenters. The summed E-state index contributed by atoms with van der Waals surface area (Å²) in [6.45, 7) is 2.86. The first-order valence-corrected chi connectivity index (χ1v) is 6.46. The van der Waals surface area contributed by atoms with Gasteiger partial charge in [0.1, 0.15) is 18.2 Å². The molecule has 0 fully saturated rings. The van der Waals surface area contributed by atoms with E-state index in [9.17, 15) is 9.18 Å². The van der Waals surface area contributed by atoms with E-state index in [1.807, 2.05) is 25.1 Å². The number of hydrogen-bond donors (Lipinski definition) is 0. The summed E-state index contributed by atoms with van der Waals surface area (Å²) in [6.07, 6.45) is 0. The molecule has 0 N–H and O–H groups in total. The number of hydrogen-bond acceptors (Lipinski definition) is 2. The molecule has 1 aliphatic heterocycles. The zero-order chi connectivity index (χ0) is 14.1. The molecule has 0 saturated heterocycles. The number of halogens is 1. The highest BCUT2D eigenvalue weighted by Crippen LogP contribution is 2.33. The van der Waals surface area contributed by atoms with Crippen molar-refractivity contribution in [3.8, 4) is 5.75 Å². The van der Waals surface area contributed by atoms with E-state index in [0.29, 0.717) is 24.5 Å². The highest BCUT2D eigenvalue weighted by molar-refractivity contribution is 6.07. The first kappa shape index (κ1) is 12.7. The Labute approximate surface area is 116 Å². The second kappa shape index (κ2) is 4.96. The maximum Gasteiger partial charge on any atom is 0.258 e. The third kappa shape index (κ3) is 2.25. The van der Waals surface area contributed by atoms with Crippen LogP contribution in [-0.4, -0.2) is 19.1 Å². The Bertz CT molecular complexity index is 669. The monoisotopic (exact) mass is 271 g/mol. The molecule has 0 aliphatic carbocycles. The molecular formula is C16H14FNO2. The average Bonchev–Trinajstić information content (AvgIpc) is 2.46. The van der Waals surface area contributed by atoms with Crippen LogP contribution in [-0.2, 0) is 0 Å². The molecule has 0 spiro atoms. The molecule has 2 aromatic carbocycles. The van der Waals surface area contributed by atoms with Crippen LogP contribution in [0.4, 0.5) is 10.1 Å². The number of aryl methyl sites for hydroxylation is 1. The summed E-state index contributed by atoms with van der Waals surface area (Å²) in [4.78, 5) is 14.2. The lowest BCUT2D eigenvalue weighted by molar-refractivity contribution is 0.0976. The molecule has 0 bridgehead atoms. The SMILES string of the molecule is Cc1ccc2c(c1)N(C(=O)c1cccc(F)c1)CCO2. The lowest BCUT2D eigenvalue weighted by atomic mass is 10.1. The summed E-state index contributed by atoms with van der Waals surface area (Å²) >= 11 is 0. The number of nitrogens with zero attached hydrogens (tertiary/aromatic N) is 1. The topological polar surface area (TPSA) is 29.5 Å². The normalized spacial score (nSPS) is 13.6. The fraction of sp³-hybridized carbons (Fsp3) is 0.188. The molecule has 0 radical (unpaired) electrons. The van der Waals surface area contributed by atoms with Crippen molar-refractivity contribution < 1.29 is 13.9 Å². The van der Waals surface area contributed by atoms with Crippen molar-refractivity contribution in [3.05, 3.63) is 59.4 Å². The lowest BCUT2D eigenvalue weighted by Gasteiger charge is -2.30. The first-order valence-electron chi connectivity index (χ1n) is 6.46. The van der Waals surface area contributed by atoms with Crippen LogP contribution in [0.1, 0.15) is 15.9 Å². The number of carbonyl (C=O) groups excluding carboxylic acids is 1. The number of fused-ring (bicyclic) bond motifs is 1. The van der Waals surface area contributed by atoms with Gasteiger partial charge < -0.3 is 9.64 Å². The van der Waals surface area contributed by atoms with E-state index in [1.54, 1.807) is 17.0 Å². The molecule has 1 aliphatic rings. The molecular weight excluding hydrogens is 257 g/mol. The van der Waals surface area contributed by atoms with Gasteiger partial charge in [-0.15, -0.1) is 0 Å². The molecule has 3 rings (SSSR count). The number of ether oxygens (including phenoxy) is 1. The minimum Gasteiger partial charge on any atom is -0.490 e. The van der Waals surface area contributed by atoms with Gasteiger partial charge in [-0.05, 0) is 42.8 Å². The van der Waals surface area contributed by atoms with E-state index in [1.165, 1.54) is 12.1 Å². The van der Waals surface area contributed by atoms with Crippen LogP contribution in [0, 0.1) is 12.7 Å². The Balaban J connectivity index is 2.00. The summed E-state index contributed by atoms with van der Waals surface area (Å²) in [5, 5.41) is 0. The lowest BCUT2D eigenvalue weighted by Crippen LogP contribution is -2.38. The maximum absolute atomic E-state index is 13.3. The van der Waals surface area contributed by atoms with Gasteiger partial charge in [-0.1, -0.05) is 12.1 Å². The van der Waals surface area contributed by atoms with Crippen molar-refractivity contribution in [2.75, 3.05) is 18.1 Å². The molecule has 1 amide bonds. The summed E-state index contributed by atoms with van der Waals surface area (Å²) < 4.78 is 18.8. The van der Waals surface area contributed by atoms with Gasteiger partial charge >= 0.3 is 0 Å².